The van der Waals surface area contributed by atoms with Crippen LogP contribution in [0.2, 0.25) is 10.0 Å². The molecule has 2 aromatic carbocycles. The van der Waals surface area contributed by atoms with Crippen LogP contribution in [0.4, 0.5) is 4.79 Å². The Morgan fingerprint density at radius 2 is 1.81 bits per heavy atom. The molecule has 2 amide bonds. The summed E-state index contributed by atoms with van der Waals surface area (Å²) >= 11 is 12.6. The summed E-state index contributed by atoms with van der Waals surface area (Å²) in [6.07, 6.45) is 1.65. The van der Waals surface area contributed by atoms with E-state index in [4.69, 9.17) is 27.9 Å². The van der Waals surface area contributed by atoms with Crippen molar-refractivity contribution in [1.82, 2.24) is 5.32 Å². The van der Waals surface area contributed by atoms with Crippen molar-refractivity contribution in [2.45, 2.75) is 6.42 Å². The highest BCUT2D eigenvalue weighted by atomic mass is 35.5. The summed E-state index contributed by atoms with van der Waals surface area (Å²) in [6.45, 7) is 0. The zero-order valence-electron chi connectivity index (χ0n) is 13.1. The molecule has 0 bridgehead atoms. The first-order valence-corrected chi connectivity index (χ1v) is 8.97. The molecule has 26 heavy (non-hydrogen) atoms. The number of hydrogen-bond donors (Lipinski definition) is 1. The predicted molar refractivity (Wildman–Crippen MR) is 101 cm³/mol. The van der Waals surface area contributed by atoms with Crippen molar-refractivity contribution in [2.24, 2.45) is 0 Å². The zero-order chi connectivity index (χ0) is 18.7. The van der Waals surface area contributed by atoms with Crippen molar-refractivity contribution in [3.05, 3.63) is 68.5 Å². The van der Waals surface area contributed by atoms with Gasteiger partial charge in [-0.1, -0.05) is 41.4 Å². The average Bonchev–Trinajstić information content (AvgIpc) is 2.90. The molecule has 1 aliphatic rings. The third-order valence-electron chi connectivity index (χ3n) is 3.38. The van der Waals surface area contributed by atoms with Crippen molar-refractivity contribution in [3.8, 4) is 5.75 Å². The molecule has 1 saturated heterocycles. The monoisotopic (exact) mass is 407 g/mol. The Balaban J connectivity index is 1.62. The Kier molecular flexibility index (Phi) is 5.66. The number of imide groups is 1. The molecule has 1 fully saturated rings. The molecule has 2 aromatic rings. The highest BCUT2D eigenvalue weighted by molar-refractivity contribution is 8.18. The average molecular weight is 408 g/mol. The second kappa shape index (κ2) is 7.95. The van der Waals surface area contributed by atoms with Gasteiger partial charge in [0.2, 0.25) is 0 Å². The molecule has 5 nitrogen and oxygen atoms in total. The lowest BCUT2D eigenvalue weighted by atomic mass is 10.1. The van der Waals surface area contributed by atoms with Crippen LogP contribution < -0.4 is 10.1 Å². The fraction of sp³-hybridized carbons (Fsp3) is 0.0556. The van der Waals surface area contributed by atoms with E-state index in [9.17, 15) is 14.4 Å². The molecular weight excluding hydrogens is 397 g/mol. The number of ether oxygens (including phenoxy) is 1. The minimum Gasteiger partial charge on any atom is -0.426 e. The number of hydrogen-bond acceptors (Lipinski definition) is 5. The molecule has 0 atom stereocenters. The van der Waals surface area contributed by atoms with Crippen LogP contribution >= 0.6 is 35.0 Å². The van der Waals surface area contributed by atoms with Crippen molar-refractivity contribution in [3.63, 3.8) is 0 Å². The first kappa shape index (κ1) is 18.5. The van der Waals surface area contributed by atoms with E-state index in [1.54, 1.807) is 48.5 Å². The molecule has 8 heteroatoms. The lowest BCUT2D eigenvalue weighted by molar-refractivity contribution is -0.133. The summed E-state index contributed by atoms with van der Waals surface area (Å²) in [7, 11) is 0. The number of thioether (sulfide) groups is 1. The molecule has 0 saturated carbocycles. The molecule has 132 valence electrons. The van der Waals surface area contributed by atoms with Crippen LogP contribution in [0.5, 0.6) is 5.75 Å². The fourth-order valence-corrected chi connectivity index (χ4v) is 3.19. The standard InChI is InChI=1S/C18H11Cl2NO4S/c19-13-6-3-11(7-14(13)20)9-16(22)25-12-4-1-10(2-5-12)8-15-17(23)21-18(24)26-15/h1-8H,9H2,(H,21,23,24)/b15-8-. The smallest absolute Gasteiger partial charge is 0.315 e. The normalized spacial score (nSPS) is 15.2. The number of carbonyl (C=O) groups is 3. The number of benzene rings is 2. The van der Waals surface area contributed by atoms with Crippen LogP contribution in [-0.2, 0) is 16.0 Å². The largest absolute Gasteiger partial charge is 0.426 e. The second-order valence-corrected chi connectivity index (χ2v) is 7.15. The second-order valence-electron chi connectivity index (χ2n) is 5.32. The van der Waals surface area contributed by atoms with E-state index in [-0.39, 0.29) is 6.42 Å². The molecule has 0 aromatic heterocycles. The van der Waals surface area contributed by atoms with Gasteiger partial charge in [0.1, 0.15) is 5.75 Å². The summed E-state index contributed by atoms with van der Waals surface area (Å²) in [4.78, 5) is 35.0. The molecule has 1 aliphatic heterocycles. The molecule has 0 radical (unpaired) electrons. The van der Waals surface area contributed by atoms with Gasteiger partial charge in [-0.2, -0.15) is 0 Å². The SMILES string of the molecule is O=C(Cc1ccc(Cl)c(Cl)c1)Oc1ccc(/C=C2\SC(=O)NC2=O)cc1. The Hall–Kier alpha value is -2.28. The zero-order valence-corrected chi connectivity index (χ0v) is 15.5. The van der Waals surface area contributed by atoms with E-state index in [0.717, 1.165) is 11.8 Å². The molecule has 0 aliphatic carbocycles. The Morgan fingerprint density at radius 3 is 2.42 bits per heavy atom. The highest BCUT2D eigenvalue weighted by Crippen LogP contribution is 2.26. The Morgan fingerprint density at radius 1 is 1.08 bits per heavy atom. The van der Waals surface area contributed by atoms with E-state index in [0.29, 0.717) is 31.8 Å². The van der Waals surface area contributed by atoms with Gasteiger partial charge in [0.05, 0.1) is 21.4 Å². The van der Waals surface area contributed by atoms with Crippen molar-refractivity contribution in [1.29, 1.82) is 0 Å². The van der Waals surface area contributed by atoms with E-state index in [1.165, 1.54) is 0 Å². The summed E-state index contributed by atoms with van der Waals surface area (Å²) in [6, 6.07) is 11.5. The van der Waals surface area contributed by atoms with Crippen LogP contribution in [0.25, 0.3) is 6.08 Å². The molecular formula is C18H11Cl2NO4S. The summed E-state index contributed by atoms with van der Waals surface area (Å²) in [5.41, 5.74) is 1.40. The van der Waals surface area contributed by atoms with E-state index < -0.39 is 17.1 Å². The maximum atomic E-state index is 12.0. The maximum absolute atomic E-state index is 12.0. The highest BCUT2D eigenvalue weighted by Gasteiger charge is 2.24. The minimum atomic E-state index is -0.439. The number of nitrogens with one attached hydrogen (secondary N) is 1. The van der Waals surface area contributed by atoms with E-state index in [2.05, 4.69) is 5.32 Å². The quantitative estimate of drug-likeness (QED) is 0.459. The van der Waals surface area contributed by atoms with Gasteiger partial charge in [-0.3, -0.25) is 19.7 Å². The number of rotatable bonds is 4. The molecule has 1 heterocycles. The molecule has 3 rings (SSSR count). The third kappa shape index (κ3) is 4.66. The number of amides is 2. The van der Waals surface area contributed by atoms with Crippen LogP contribution in [0.3, 0.4) is 0 Å². The number of halogens is 2. The summed E-state index contributed by atoms with van der Waals surface area (Å²) in [5, 5.41) is 2.59. The van der Waals surface area contributed by atoms with Crippen molar-refractivity contribution in [2.75, 3.05) is 0 Å². The Bertz CT molecular complexity index is 925. The predicted octanol–water partition coefficient (Wildman–Crippen LogP) is 4.47. The maximum Gasteiger partial charge on any atom is 0.315 e. The first-order valence-electron chi connectivity index (χ1n) is 7.40. The third-order valence-corrected chi connectivity index (χ3v) is 4.93. The molecule has 0 unspecified atom stereocenters. The first-order chi connectivity index (χ1) is 12.4. The summed E-state index contributed by atoms with van der Waals surface area (Å²) in [5.74, 6) is -0.486. The van der Waals surface area contributed by atoms with Crippen molar-refractivity contribution < 1.29 is 19.1 Å². The van der Waals surface area contributed by atoms with Gasteiger partial charge in [0.25, 0.3) is 11.1 Å². The number of carbonyl (C=O) groups excluding carboxylic acids is 3. The van der Waals surface area contributed by atoms with Crippen LogP contribution in [0, 0.1) is 0 Å². The van der Waals surface area contributed by atoms with Gasteiger partial charge >= 0.3 is 5.97 Å². The van der Waals surface area contributed by atoms with Gasteiger partial charge in [0.15, 0.2) is 0 Å². The van der Waals surface area contributed by atoms with Gasteiger partial charge in [-0.25, -0.2) is 0 Å². The van der Waals surface area contributed by atoms with Gasteiger partial charge in [-0.05, 0) is 53.2 Å². The topological polar surface area (TPSA) is 72.5 Å². The van der Waals surface area contributed by atoms with Crippen LogP contribution in [-0.4, -0.2) is 17.1 Å². The lowest BCUT2D eigenvalue weighted by Crippen LogP contribution is -2.17. The minimum absolute atomic E-state index is 0.0572. The van der Waals surface area contributed by atoms with Gasteiger partial charge in [-0.15, -0.1) is 0 Å². The van der Waals surface area contributed by atoms with Gasteiger partial charge < -0.3 is 4.74 Å². The number of esters is 1. The van der Waals surface area contributed by atoms with Crippen LogP contribution in [0.15, 0.2) is 47.4 Å². The van der Waals surface area contributed by atoms with E-state index in [1.807, 2.05) is 0 Å². The van der Waals surface area contributed by atoms with Gasteiger partial charge in [0, 0.05) is 0 Å². The van der Waals surface area contributed by atoms with E-state index >= 15 is 0 Å². The molecule has 1 N–H and O–H groups in total. The van der Waals surface area contributed by atoms with Crippen LogP contribution in [0.1, 0.15) is 11.1 Å². The van der Waals surface area contributed by atoms with Crippen molar-refractivity contribution >= 4 is 58.2 Å². The summed E-state index contributed by atoms with van der Waals surface area (Å²) < 4.78 is 5.28. The Labute approximate surface area is 163 Å². The lowest BCUT2D eigenvalue weighted by Gasteiger charge is -2.06. The molecule has 0 spiro atoms. The fourth-order valence-electron chi connectivity index (χ4n) is 2.19.